The largest absolute Gasteiger partial charge is 0.389 e. The summed E-state index contributed by atoms with van der Waals surface area (Å²) in [5, 5.41) is 12.5. The minimum Gasteiger partial charge on any atom is -0.389 e. The molecular weight excluding hydrogens is 285 g/mol. The van der Waals surface area contributed by atoms with Crippen LogP contribution in [0, 0.1) is 11.7 Å². The Bertz CT molecular complexity index is 514. The Labute approximate surface area is 130 Å². The van der Waals surface area contributed by atoms with Gasteiger partial charge in [-0.1, -0.05) is 12.1 Å². The number of benzene rings is 1. The van der Waals surface area contributed by atoms with E-state index in [0.717, 1.165) is 0 Å². The number of carbonyl (C=O) groups excluding carboxylic acids is 1. The fourth-order valence-electron chi connectivity index (χ4n) is 2.15. The summed E-state index contributed by atoms with van der Waals surface area (Å²) in [5.41, 5.74) is -0.263. The number of carbonyl (C=O) groups is 1. The van der Waals surface area contributed by atoms with Gasteiger partial charge in [-0.3, -0.25) is 4.79 Å². The Balaban J connectivity index is 1.79. The lowest BCUT2D eigenvalue weighted by atomic mass is 9.83. The van der Waals surface area contributed by atoms with Gasteiger partial charge in [-0.15, -0.1) is 0 Å². The van der Waals surface area contributed by atoms with Crippen molar-refractivity contribution in [1.82, 2.24) is 5.32 Å². The van der Waals surface area contributed by atoms with Gasteiger partial charge in [0.2, 0.25) is 5.91 Å². The topological polar surface area (TPSA) is 58.6 Å². The first-order valence-corrected chi connectivity index (χ1v) is 7.69. The van der Waals surface area contributed by atoms with Gasteiger partial charge in [0.05, 0.1) is 18.1 Å². The second kappa shape index (κ2) is 7.20. The Kier molecular flexibility index (Phi) is 5.53. The van der Waals surface area contributed by atoms with Gasteiger partial charge in [-0.05, 0) is 50.3 Å². The maximum atomic E-state index is 13.3. The first-order chi connectivity index (χ1) is 10.4. The number of aliphatic hydroxyl groups excluding tert-OH is 1. The van der Waals surface area contributed by atoms with Gasteiger partial charge in [0.1, 0.15) is 5.82 Å². The van der Waals surface area contributed by atoms with Crippen LogP contribution in [0.15, 0.2) is 24.3 Å². The second-order valence-corrected chi connectivity index (χ2v) is 6.48. The zero-order chi connectivity index (χ0) is 16.2. The minimum absolute atomic E-state index is 0.127. The number of hydrogen-bond acceptors (Lipinski definition) is 3. The normalized spacial score (nSPS) is 16.4. The van der Waals surface area contributed by atoms with Gasteiger partial charge in [0, 0.05) is 13.2 Å². The van der Waals surface area contributed by atoms with Crippen LogP contribution in [-0.4, -0.2) is 36.9 Å². The van der Waals surface area contributed by atoms with Crippen molar-refractivity contribution in [1.29, 1.82) is 0 Å². The van der Waals surface area contributed by atoms with Crippen molar-refractivity contribution in [3.63, 3.8) is 0 Å². The summed E-state index contributed by atoms with van der Waals surface area (Å²) >= 11 is 0. The van der Waals surface area contributed by atoms with E-state index in [1.807, 2.05) is 0 Å². The Morgan fingerprint density at radius 1 is 1.50 bits per heavy atom. The molecule has 4 nitrogen and oxygen atoms in total. The summed E-state index contributed by atoms with van der Waals surface area (Å²) in [6, 6.07) is 6.01. The standard InChI is InChI=1S/C17H24FNO3/c1-17(2,13-4-3-5-14(18)8-13)16(21)19-9-15(20)11-22-10-12-6-7-12/h3-5,8,12,15,20H,6-7,9-11H2,1-2H3,(H,19,21). The first kappa shape index (κ1) is 16.9. The molecule has 5 heteroatoms. The number of amides is 1. The number of aliphatic hydroxyl groups is 1. The van der Waals surface area contributed by atoms with Crippen LogP contribution in [0.25, 0.3) is 0 Å². The van der Waals surface area contributed by atoms with Gasteiger partial charge in [0.15, 0.2) is 0 Å². The molecule has 2 N–H and O–H groups in total. The molecular formula is C17H24FNO3. The highest BCUT2D eigenvalue weighted by atomic mass is 19.1. The average molecular weight is 309 g/mol. The van der Waals surface area contributed by atoms with Crippen LogP contribution < -0.4 is 5.32 Å². The molecule has 1 amide bonds. The van der Waals surface area contributed by atoms with Gasteiger partial charge >= 0.3 is 0 Å². The minimum atomic E-state index is -0.864. The SMILES string of the molecule is CC(C)(C(=O)NCC(O)COCC1CC1)c1cccc(F)c1. The van der Waals surface area contributed by atoms with E-state index < -0.39 is 11.5 Å². The summed E-state index contributed by atoms with van der Waals surface area (Å²) in [6.07, 6.45) is 1.68. The molecule has 2 rings (SSSR count). The molecule has 1 aromatic rings. The van der Waals surface area contributed by atoms with Crippen molar-refractivity contribution < 1.29 is 19.0 Å². The average Bonchev–Trinajstić information content (AvgIpc) is 3.29. The molecule has 0 saturated heterocycles. The quantitative estimate of drug-likeness (QED) is 0.772. The van der Waals surface area contributed by atoms with Crippen molar-refractivity contribution in [2.24, 2.45) is 5.92 Å². The van der Waals surface area contributed by atoms with Gasteiger partial charge < -0.3 is 15.2 Å². The molecule has 0 heterocycles. The zero-order valence-corrected chi connectivity index (χ0v) is 13.1. The van der Waals surface area contributed by atoms with Crippen molar-refractivity contribution in [2.75, 3.05) is 19.8 Å². The molecule has 1 unspecified atom stereocenters. The molecule has 0 bridgehead atoms. The second-order valence-electron chi connectivity index (χ2n) is 6.48. The molecule has 1 aliphatic rings. The maximum Gasteiger partial charge on any atom is 0.230 e. The van der Waals surface area contributed by atoms with E-state index in [9.17, 15) is 14.3 Å². The molecule has 0 spiro atoms. The Morgan fingerprint density at radius 2 is 2.23 bits per heavy atom. The third kappa shape index (κ3) is 4.78. The lowest BCUT2D eigenvalue weighted by Crippen LogP contribution is -2.44. The molecule has 22 heavy (non-hydrogen) atoms. The summed E-state index contributed by atoms with van der Waals surface area (Å²) in [5.74, 6) is 0.0277. The molecule has 1 aliphatic carbocycles. The third-order valence-corrected chi connectivity index (χ3v) is 3.97. The van der Waals surface area contributed by atoms with Crippen LogP contribution in [-0.2, 0) is 14.9 Å². The number of halogens is 1. The first-order valence-electron chi connectivity index (χ1n) is 7.69. The van der Waals surface area contributed by atoms with Crippen molar-refractivity contribution in [3.05, 3.63) is 35.6 Å². The predicted octanol–water partition coefficient (Wildman–Crippen LogP) is 2.01. The number of rotatable bonds is 8. The highest BCUT2D eigenvalue weighted by molar-refractivity contribution is 5.87. The van der Waals surface area contributed by atoms with E-state index in [4.69, 9.17) is 4.74 Å². The molecule has 0 aromatic heterocycles. The lowest BCUT2D eigenvalue weighted by molar-refractivity contribution is -0.126. The van der Waals surface area contributed by atoms with Gasteiger partial charge in [0.25, 0.3) is 0 Å². The number of ether oxygens (including phenoxy) is 1. The van der Waals surface area contributed by atoms with Crippen LogP contribution in [0.5, 0.6) is 0 Å². The molecule has 122 valence electrons. The van der Waals surface area contributed by atoms with Gasteiger partial charge in [-0.2, -0.15) is 0 Å². The van der Waals surface area contributed by atoms with E-state index >= 15 is 0 Å². The summed E-state index contributed by atoms with van der Waals surface area (Å²) in [6.45, 7) is 4.49. The van der Waals surface area contributed by atoms with Gasteiger partial charge in [-0.25, -0.2) is 4.39 Å². The zero-order valence-electron chi connectivity index (χ0n) is 13.1. The summed E-state index contributed by atoms with van der Waals surface area (Å²) < 4.78 is 18.7. The number of hydrogen-bond donors (Lipinski definition) is 2. The van der Waals surface area contributed by atoms with E-state index in [0.29, 0.717) is 18.1 Å². The Hall–Kier alpha value is -1.46. The summed E-state index contributed by atoms with van der Waals surface area (Å²) in [7, 11) is 0. The van der Waals surface area contributed by atoms with Crippen LogP contribution >= 0.6 is 0 Å². The van der Waals surface area contributed by atoms with Crippen molar-refractivity contribution in [2.45, 2.75) is 38.2 Å². The molecule has 1 aromatic carbocycles. The highest BCUT2D eigenvalue weighted by Gasteiger charge is 2.30. The molecule has 0 aliphatic heterocycles. The smallest absolute Gasteiger partial charge is 0.230 e. The molecule has 1 atom stereocenters. The fraction of sp³-hybridized carbons (Fsp3) is 0.588. The van der Waals surface area contributed by atoms with E-state index in [-0.39, 0.29) is 24.9 Å². The van der Waals surface area contributed by atoms with E-state index in [2.05, 4.69) is 5.32 Å². The maximum absolute atomic E-state index is 13.3. The fourth-order valence-corrected chi connectivity index (χ4v) is 2.15. The Morgan fingerprint density at radius 3 is 2.86 bits per heavy atom. The van der Waals surface area contributed by atoms with Crippen LogP contribution in [0.2, 0.25) is 0 Å². The van der Waals surface area contributed by atoms with E-state index in [1.165, 1.54) is 25.0 Å². The van der Waals surface area contributed by atoms with E-state index in [1.54, 1.807) is 26.0 Å². The summed E-state index contributed by atoms with van der Waals surface area (Å²) in [4.78, 5) is 12.3. The molecule has 0 radical (unpaired) electrons. The monoisotopic (exact) mass is 309 g/mol. The van der Waals surface area contributed by atoms with Crippen molar-refractivity contribution >= 4 is 5.91 Å². The van der Waals surface area contributed by atoms with Crippen molar-refractivity contribution in [3.8, 4) is 0 Å². The van der Waals surface area contributed by atoms with Crippen LogP contribution in [0.3, 0.4) is 0 Å². The predicted molar refractivity (Wildman–Crippen MR) is 82.0 cm³/mol. The van der Waals surface area contributed by atoms with Crippen LogP contribution in [0.4, 0.5) is 4.39 Å². The molecule has 1 saturated carbocycles. The molecule has 1 fully saturated rings. The third-order valence-electron chi connectivity index (χ3n) is 3.97. The number of nitrogens with one attached hydrogen (secondary N) is 1. The van der Waals surface area contributed by atoms with Crippen LogP contribution in [0.1, 0.15) is 32.3 Å². The highest BCUT2D eigenvalue weighted by Crippen LogP contribution is 2.28. The lowest BCUT2D eigenvalue weighted by Gasteiger charge is -2.25.